The number of carbonyl (C=O) groups excluding carboxylic acids is 1. The third-order valence-corrected chi connectivity index (χ3v) is 3.57. The van der Waals surface area contributed by atoms with E-state index in [1.54, 1.807) is 26.1 Å². The van der Waals surface area contributed by atoms with Gasteiger partial charge in [-0.05, 0) is 24.5 Å². The summed E-state index contributed by atoms with van der Waals surface area (Å²) in [5.74, 6) is -1.69. The second kappa shape index (κ2) is 7.05. The Hall–Kier alpha value is -2.69. The van der Waals surface area contributed by atoms with E-state index in [9.17, 15) is 14.7 Å². The number of hydrogen-bond acceptors (Lipinski definition) is 3. The van der Waals surface area contributed by atoms with Crippen LogP contribution in [0.4, 0.5) is 0 Å². The summed E-state index contributed by atoms with van der Waals surface area (Å²) in [5.41, 5.74) is 3.24. The Balaban J connectivity index is 2.25. The van der Waals surface area contributed by atoms with Crippen molar-refractivity contribution < 1.29 is 14.7 Å². The number of nitrogens with one attached hydrogen (secondary N) is 1. The Kier molecular flexibility index (Phi) is 5.11. The van der Waals surface area contributed by atoms with Crippen molar-refractivity contribution in [1.82, 2.24) is 10.3 Å². The maximum Gasteiger partial charge on any atom is 0.326 e. The first-order valence-electron chi connectivity index (χ1n) is 7.44. The van der Waals surface area contributed by atoms with E-state index in [1.807, 2.05) is 31.2 Å². The average molecular weight is 312 g/mol. The molecule has 0 aliphatic carbocycles. The molecule has 0 unspecified atom stereocenters. The zero-order chi connectivity index (χ0) is 17.0. The fraction of sp³-hybridized carbons (Fsp3) is 0.278. The summed E-state index contributed by atoms with van der Waals surface area (Å²) in [6, 6.07) is 8.68. The van der Waals surface area contributed by atoms with Crippen LogP contribution in [0.5, 0.6) is 0 Å². The van der Waals surface area contributed by atoms with Crippen LogP contribution in [0, 0.1) is 12.8 Å². The first-order chi connectivity index (χ1) is 10.9. The standard InChI is InChI=1S/C18H20N2O3/c1-11(2)16(18(22)23)20-17(21)15-8-14(9-19-10-15)13-6-4-5-12(3)7-13/h4-11,16H,1-3H3,(H,20,21)(H,22,23)/t16-/m0/s1. The second-order valence-corrected chi connectivity index (χ2v) is 5.87. The van der Waals surface area contributed by atoms with Crippen LogP contribution in [0.25, 0.3) is 11.1 Å². The number of aliphatic carboxylic acids is 1. The molecule has 0 aliphatic rings. The van der Waals surface area contributed by atoms with Gasteiger partial charge in [0.05, 0.1) is 5.56 Å². The molecule has 23 heavy (non-hydrogen) atoms. The maximum absolute atomic E-state index is 12.3. The molecule has 0 aliphatic heterocycles. The highest BCUT2D eigenvalue weighted by Crippen LogP contribution is 2.20. The van der Waals surface area contributed by atoms with Crippen LogP contribution >= 0.6 is 0 Å². The van der Waals surface area contributed by atoms with Crippen molar-refractivity contribution in [1.29, 1.82) is 0 Å². The lowest BCUT2D eigenvalue weighted by atomic mass is 10.0. The maximum atomic E-state index is 12.3. The van der Waals surface area contributed by atoms with Gasteiger partial charge in [0.1, 0.15) is 6.04 Å². The molecule has 0 spiro atoms. The molecular weight excluding hydrogens is 292 g/mol. The molecule has 2 rings (SSSR count). The van der Waals surface area contributed by atoms with Crippen LogP contribution in [0.2, 0.25) is 0 Å². The molecule has 2 N–H and O–H groups in total. The third kappa shape index (κ3) is 4.16. The topological polar surface area (TPSA) is 79.3 Å². The number of amides is 1. The minimum atomic E-state index is -1.05. The fourth-order valence-corrected chi connectivity index (χ4v) is 2.28. The summed E-state index contributed by atoms with van der Waals surface area (Å²) in [7, 11) is 0. The number of nitrogens with zero attached hydrogens (tertiary/aromatic N) is 1. The number of aryl methyl sites for hydroxylation is 1. The van der Waals surface area contributed by atoms with E-state index in [0.717, 1.165) is 16.7 Å². The third-order valence-electron chi connectivity index (χ3n) is 3.57. The van der Waals surface area contributed by atoms with Crippen molar-refractivity contribution >= 4 is 11.9 Å². The summed E-state index contributed by atoms with van der Waals surface area (Å²) >= 11 is 0. The largest absolute Gasteiger partial charge is 0.480 e. The van der Waals surface area contributed by atoms with Gasteiger partial charge in [0.25, 0.3) is 5.91 Å². The summed E-state index contributed by atoms with van der Waals surface area (Å²) in [5, 5.41) is 11.7. The van der Waals surface area contributed by atoms with E-state index in [-0.39, 0.29) is 5.92 Å². The Labute approximate surface area is 135 Å². The fourth-order valence-electron chi connectivity index (χ4n) is 2.28. The molecule has 0 saturated carbocycles. The highest BCUT2D eigenvalue weighted by molar-refractivity contribution is 5.97. The minimum Gasteiger partial charge on any atom is -0.480 e. The van der Waals surface area contributed by atoms with Gasteiger partial charge in [0.2, 0.25) is 0 Å². The summed E-state index contributed by atoms with van der Waals surface area (Å²) in [4.78, 5) is 27.6. The van der Waals surface area contributed by atoms with E-state index in [0.29, 0.717) is 5.56 Å². The summed E-state index contributed by atoms with van der Waals surface area (Å²) in [6.45, 7) is 5.49. The number of carboxylic acid groups (broad SMARTS) is 1. The van der Waals surface area contributed by atoms with Gasteiger partial charge in [0, 0.05) is 18.0 Å². The van der Waals surface area contributed by atoms with Crippen molar-refractivity contribution in [3.63, 3.8) is 0 Å². The van der Waals surface area contributed by atoms with Crippen LogP contribution in [-0.2, 0) is 4.79 Å². The molecule has 2 aromatic rings. The predicted molar refractivity (Wildman–Crippen MR) is 88.1 cm³/mol. The molecule has 0 saturated heterocycles. The van der Waals surface area contributed by atoms with Crippen molar-refractivity contribution in [2.75, 3.05) is 0 Å². The monoisotopic (exact) mass is 312 g/mol. The van der Waals surface area contributed by atoms with Gasteiger partial charge in [-0.3, -0.25) is 9.78 Å². The van der Waals surface area contributed by atoms with Crippen molar-refractivity contribution in [2.24, 2.45) is 5.92 Å². The van der Waals surface area contributed by atoms with Gasteiger partial charge in [0.15, 0.2) is 0 Å². The van der Waals surface area contributed by atoms with Crippen molar-refractivity contribution in [3.8, 4) is 11.1 Å². The van der Waals surface area contributed by atoms with E-state index in [4.69, 9.17) is 0 Å². The van der Waals surface area contributed by atoms with Crippen LogP contribution in [0.3, 0.4) is 0 Å². The SMILES string of the molecule is Cc1cccc(-c2cncc(C(=O)N[C@H](C(=O)O)C(C)C)c2)c1. The minimum absolute atomic E-state index is 0.204. The number of aromatic nitrogens is 1. The van der Waals surface area contributed by atoms with Gasteiger partial charge >= 0.3 is 5.97 Å². The van der Waals surface area contributed by atoms with E-state index < -0.39 is 17.9 Å². The molecule has 1 aromatic heterocycles. The predicted octanol–water partition coefficient (Wildman–Crippen LogP) is 2.90. The van der Waals surface area contributed by atoms with Gasteiger partial charge in [-0.15, -0.1) is 0 Å². The molecule has 0 bridgehead atoms. The molecule has 120 valence electrons. The number of carbonyl (C=O) groups is 2. The highest BCUT2D eigenvalue weighted by atomic mass is 16.4. The van der Waals surface area contributed by atoms with Crippen molar-refractivity contribution in [3.05, 3.63) is 53.9 Å². The number of hydrogen-bond donors (Lipinski definition) is 2. The molecule has 0 radical (unpaired) electrons. The van der Waals surface area contributed by atoms with E-state index in [1.165, 1.54) is 6.20 Å². The van der Waals surface area contributed by atoms with Gasteiger partial charge in [-0.2, -0.15) is 0 Å². The van der Waals surface area contributed by atoms with Gasteiger partial charge < -0.3 is 10.4 Å². The molecule has 1 aromatic carbocycles. The number of benzene rings is 1. The zero-order valence-corrected chi connectivity index (χ0v) is 13.4. The van der Waals surface area contributed by atoms with Crippen LogP contribution in [0.15, 0.2) is 42.7 Å². The van der Waals surface area contributed by atoms with Crippen LogP contribution in [0.1, 0.15) is 29.8 Å². The summed E-state index contributed by atoms with van der Waals surface area (Å²) in [6.07, 6.45) is 3.12. The average Bonchev–Trinajstić information content (AvgIpc) is 2.52. The first kappa shape index (κ1) is 16.7. The lowest BCUT2D eigenvalue weighted by Gasteiger charge is -2.18. The van der Waals surface area contributed by atoms with Crippen molar-refractivity contribution in [2.45, 2.75) is 26.8 Å². The Morgan fingerprint density at radius 1 is 1.13 bits per heavy atom. The Morgan fingerprint density at radius 3 is 2.48 bits per heavy atom. The molecule has 5 nitrogen and oxygen atoms in total. The molecule has 5 heteroatoms. The lowest BCUT2D eigenvalue weighted by Crippen LogP contribution is -2.44. The van der Waals surface area contributed by atoms with Gasteiger partial charge in [-0.1, -0.05) is 43.7 Å². The highest BCUT2D eigenvalue weighted by Gasteiger charge is 2.24. The zero-order valence-electron chi connectivity index (χ0n) is 13.4. The molecular formula is C18H20N2O3. The van der Waals surface area contributed by atoms with E-state index in [2.05, 4.69) is 10.3 Å². The number of pyridine rings is 1. The quantitative estimate of drug-likeness (QED) is 0.889. The first-order valence-corrected chi connectivity index (χ1v) is 7.44. The van der Waals surface area contributed by atoms with Crippen LogP contribution < -0.4 is 5.32 Å². The number of rotatable bonds is 5. The lowest BCUT2D eigenvalue weighted by molar-refractivity contribution is -0.140. The molecule has 1 amide bonds. The molecule has 1 heterocycles. The second-order valence-electron chi connectivity index (χ2n) is 5.87. The van der Waals surface area contributed by atoms with Crippen LogP contribution in [-0.4, -0.2) is 28.0 Å². The number of carboxylic acids is 1. The van der Waals surface area contributed by atoms with Gasteiger partial charge in [-0.25, -0.2) is 4.79 Å². The normalized spacial score (nSPS) is 12.0. The smallest absolute Gasteiger partial charge is 0.326 e. The molecule has 0 fully saturated rings. The van der Waals surface area contributed by atoms with E-state index >= 15 is 0 Å². The molecule has 1 atom stereocenters. The Bertz CT molecular complexity index is 726. The summed E-state index contributed by atoms with van der Waals surface area (Å²) < 4.78 is 0. The Morgan fingerprint density at radius 2 is 1.87 bits per heavy atom.